The van der Waals surface area contributed by atoms with Gasteiger partial charge in [-0.1, -0.05) is 27.2 Å². The topological polar surface area (TPSA) is 80.7 Å². The van der Waals surface area contributed by atoms with Gasteiger partial charge >= 0.3 is 21.3 Å². The molecule has 0 aromatic heterocycles. The maximum Gasteiger partial charge on any atom is 0.465 e. The Morgan fingerprint density at radius 2 is 1.62 bits per heavy atom. The molecule has 0 aromatic rings. The van der Waals surface area contributed by atoms with Crippen LogP contribution in [0.1, 0.15) is 59.3 Å². The van der Waals surface area contributed by atoms with E-state index >= 15 is 0 Å². The Morgan fingerprint density at radius 3 is 2.04 bits per heavy atom. The molecule has 2 aliphatic rings. The summed E-state index contributed by atoms with van der Waals surface area (Å²) in [5, 5.41) is -4.92. The first kappa shape index (κ1) is 19.6. The Kier molecular flexibility index (Phi) is 5.05. The Bertz CT molecular complexity index is 586. The van der Waals surface area contributed by atoms with E-state index in [9.17, 15) is 22.0 Å². The standard InChI is InChI=1S/C16H26F2O5S/c1-4-11-5-14(2)7-12(8-15(3,6-11)10-14)9-23-13(19)16(17,18)24(20,21)22/h11-12H,4-10H2,1-3H3,(H,20,21,22). The molecule has 2 saturated carbocycles. The third-order valence-electron chi connectivity index (χ3n) is 5.57. The van der Waals surface area contributed by atoms with Crippen LogP contribution >= 0.6 is 0 Å². The van der Waals surface area contributed by atoms with Crippen molar-refractivity contribution in [1.82, 2.24) is 0 Å². The molecule has 1 N–H and O–H groups in total. The van der Waals surface area contributed by atoms with E-state index in [0.717, 1.165) is 38.5 Å². The molecule has 0 radical (unpaired) electrons. The third kappa shape index (κ3) is 3.90. The fourth-order valence-electron chi connectivity index (χ4n) is 5.21. The maximum atomic E-state index is 13.2. The van der Waals surface area contributed by atoms with E-state index in [4.69, 9.17) is 4.55 Å². The van der Waals surface area contributed by atoms with E-state index < -0.39 is 21.3 Å². The molecule has 0 amide bonds. The van der Waals surface area contributed by atoms with Crippen LogP contribution < -0.4 is 0 Å². The summed E-state index contributed by atoms with van der Waals surface area (Å²) in [5.41, 5.74) is 0.184. The first-order chi connectivity index (χ1) is 10.8. The Labute approximate surface area is 141 Å². The van der Waals surface area contributed by atoms with E-state index in [1.807, 2.05) is 0 Å². The molecule has 2 atom stereocenters. The van der Waals surface area contributed by atoms with E-state index in [1.165, 1.54) is 0 Å². The molecule has 0 aromatic carbocycles. The second kappa shape index (κ2) is 6.20. The van der Waals surface area contributed by atoms with Crippen LogP contribution in [-0.2, 0) is 19.6 Å². The van der Waals surface area contributed by atoms with Gasteiger partial charge in [-0.25, -0.2) is 4.79 Å². The lowest BCUT2D eigenvalue weighted by Crippen LogP contribution is -2.46. The molecule has 8 heteroatoms. The highest BCUT2D eigenvalue weighted by atomic mass is 32.2. The van der Waals surface area contributed by atoms with Crippen LogP contribution in [0.5, 0.6) is 0 Å². The van der Waals surface area contributed by atoms with Crippen molar-refractivity contribution in [2.45, 2.75) is 64.6 Å². The summed E-state index contributed by atoms with van der Waals surface area (Å²) in [6.45, 7) is 6.31. The minimum Gasteiger partial charge on any atom is -0.460 e. The van der Waals surface area contributed by atoms with Gasteiger partial charge in [0.1, 0.15) is 0 Å². The van der Waals surface area contributed by atoms with E-state index in [2.05, 4.69) is 25.5 Å². The SMILES string of the molecule is CCC1CC2(C)CC(COC(=O)C(F)(F)S(=O)(=O)O)CC(C)(C1)C2. The lowest BCUT2D eigenvalue weighted by Gasteiger charge is -2.54. The predicted molar refractivity (Wildman–Crippen MR) is 84.0 cm³/mol. The maximum absolute atomic E-state index is 13.2. The highest BCUT2D eigenvalue weighted by Crippen LogP contribution is 2.59. The molecule has 0 saturated heterocycles. The van der Waals surface area contributed by atoms with Crippen LogP contribution in [0.15, 0.2) is 0 Å². The Balaban J connectivity index is 2.02. The number of hydrogen-bond acceptors (Lipinski definition) is 4. The van der Waals surface area contributed by atoms with Gasteiger partial charge in [-0.3, -0.25) is 4.55 Å². The van der Waals surface area contributed by atoms with Crippen LogP contribution in [0.2, 0.25) is 0 Å². The average Bonchev–Trinajstić information content (AvgIpc) is 2.40. The Morgan fingerprint density at radius 1 is 1.17 bits per heavy atom. The number of halogens is 2. The van der Waals surface area contributed by atoms with Gasteiger partial charge in [-0.2, -0.15) is 17.2 Å². The third-order valence-corrected chi connectivity index (χ3v) is 6.38. The highest BCUT2D eigenvalue weighted by molar-refractivity contribution is 7.87. The molecular weight excluding hydrogens is 342 g/mol. The summed E-state index contributed by atoms with van der Waals surface area (Å²) < 4.78 is 60.6. The second-order valence-electron chi connectivity index (χ2n) is 8.35. The van der Waals surface area contributed by atoms with Gasteiger partial charge in [-0.05, 0) is 54.8 Å². The van der Waals surface area contributed by atoms with E-state index in [0.29, 0.717) is 5.92 Å². The molecule has 0 aliphatic heterocycles. The lowest BCUT2D eigenvalue weighted by atomic mass is 9.51. The zero-order valence-corrected chi connectivity index (χ0v) is 15.2. The monoisotopic (exact) mass is 368 g/mol. The second-order valence-corrected chi connectivity index (χ2v) is 9.81. The molecule has 2 unspecified atom stereocenters. The van der Waals surface area contributed by atoms with Gasteiger partial charge in [0, 0.05) is 0 Å². The van der Waals surface area contributed by atoms with Crippen molar-refractivity contribution in [3.05, 3.63) is 0 Å². The van der Waals surface area contributed by atoms with E-state index in [1.54, 1.807) is 0 Å². The van der Waals surface area contributed by atoms with Crippen molar-refractivity contribution in [1.29, 1.82) is 0 Å². The smallest absolute Gasteiger partial charge is 0.460 e. The molecule has 2 rings (SSSR count). The van der Waals surface area contributed by atoms with Gasteiger partial charge in [-0.15, -0.1) is 0 Å². The van der Waals surface area contributed by atoms with Gasteiger partial charge in [0.2, 0.25) is 0 Å². The molecule has 0 heterocycles. The number of carbonyl (C=O) groups is 1. The van der Waals surface area contributed by atoms with Gasteiger partial charge in [0.25, 0.3) is 0 Å². The number of alkyl halides is 2. The van der Waals surface area contributed by atoms with Crippen molar-refractivity contribution in [3.8, 4) is 0 Å². The average molecular weight is 368 g/mol. The van der Waals surface area contributed by atoms with Crippen LogP contribution in [-0.4, -0.2) is 30.8 Å². The quantitative estimate of drug-likeness (QED) is 0.592. The first-order valence-electron chi connectivity index (χ1n) is 8.32. The zero-order chi connectivity index (χ0) is 18.4. The molecule has 24 heavy (non-hydrogen) atoms. The Hall–Kier alpha value is -0.760. The number of rotatable bonds is 5. The summed E-state index contributed by atoms with van der Waals surface area (Å²) >= 11 is 0. The lowest BCUT2D eigenvalue weighted by molar-refractivity contribution is -0.165. The fraction of sp³-hybridized carbons (Fsp3) is 0.938. The number of esters is 1. The van der Waals surface area contributed by atoms with Gasteiger partial charge in [0.15, 0.2) is 0 Å². The summed E-state index contributed by atoms with van der Waals surface area (Å²) in [4.78, 5) is 11.3. The van der Waals surface area contributed by atoms with Crippen molar-refractivity contribution >= 4 is 16.1 Å². The van der Waals surface area contributed by atoms with Crippen LogP contribution in [0.3, 0.4) is 0 Å². The number of fused-ring (bicyclic) bond motifs is 2. The summed E-state index contributed by atoms with van der Waals surface area (Å²) in [7, 11) is -5.81. The van der Waals surface area contributed by atoms with Crippen LogP contribution in [0.25, 0.3) is 0 Å². The number of hydrogen-bond donors (Lipinski definition) is 1. The van der Waals surface area contributed by atoms with Crippen molar-refractivity contribution in [3.63, 3.8) is 0 Å². The molecule has 0 spiro atoms. The highest BCUT2D eigenvalue weighted by Gasteiger charge is 2.55. The van der Waals surface area contributed by atoms with Crippen LogP contribution in [0, 0.1) is 22.7 Å². The summed E-state index contributed by atoms with van der Waals surface area (Å²) in [6.07, 6.45) is 5.87. The summed E-state index contributed by atoms with van der Waals surface area (Å²) in [6, 6.07) is 0. The zero-order valence-electron chi connectivity index (χ0n) is 14.3. The predicted octanol–water partition coefficient (Wildman–Crippen LogP) is 3.64. The largest absolute Gasteiger partial charge is 0.465 e. The van der Waals surface area contributed by atoms with Crippen molar-refractivity contribution in [2.24, 2.45) is 22.7 Å². The number of ether oxygens (including phenoxy) is 1. The first-order valence-corrected chi connectivity index (χ1v) is 9.76. The molecular formula is C16H26F2O5S. The van der Waals surface area contributed by atoms with Gasteiger partial charge in [0.05, 0.1) is 6.61 Å². The molecule has 2 fully saturated rings. The molecule has 2 bridgehead atoms. The molecule has 2 aliphatic carbocycles. The molecule has 5 nitrogen and oxygen atoms in total. The minimum absolute atomic E-state index is 0.0762. The van der Waals surface area contributed by atoms with E-state index in [-0.39, 0.29) is 23.4 Å². The summed E-state index contributed by atoms with van der Waals surface area (Å²) in [5.74, 6) is -1.63. The molecule has 140 valence electrons. The normalized spacial score (nSPS) is 37.1. The van der Waals surface area contributed by atoms with Crippen molar-refractivity contribution in [2.75, 3.05) is 6.61 Å². The number of carbonyl (C=O) groups excluding carboxylic acids is 1. The van der Waals surface area contributed by atoms with Gasteiger partial charge < -0.3 is 4.74 Å². The fourth-order valence-corrected chi connectivity index (χ4v) is 5.48. The van der Waals surface area contributed by atoms with Crippen molar-refractivity contribution < 1.29 is 31.3 Å². The van der Waals surface area contributed by atoms with Crippen LogP contribution in [0.4, 0.5) is 8.78 Å². The minimum atomic E-state index is -5.81.